The molecule has 19 heavy (non-hydrogen) atoms. The topological polar surface area (TPSA) is 28.4 Å². The first-order chi connectivity index (χ1) is 9.11. The maximum atomic E-state index is 6.09. The van der Waals surface area contributed by atoms with Crippen LogP contribution in [0.3, 0.4) is 0 Å². The monoisotopic (exact) mass is 278 g/mol. The van der Waals surface area contributed by atoms with E-state index in [0.29, 0.717) is 0 Å². The Morgan fingerprint density at radius 1 is 1.32 bits per heavy atom. The van der Waals surface area contributed by atoms with E-state index in [0.717, 1.165) is 28.6 Å². The Bertz CT molecular complexity index is 523. The molecule has 0 amide bonds. The number of anilines is 2. The van der Waals surface area contributed by atoms with Gasteiger partial charge in [-0.2, -0.15) is 0 Å². The van der Waals surface area contributed by atoms with Crippen molar-refractivity contribution in [3.63, 3.8) is 0 Å². The zero-order chi connectivity index (χ0) is 13.8. The summed E-state index contributed by atoms with van der Waals surface area (Å²) in [6.07, 6.45) is 2.64. The fourth-order valence-corrected chi connectivity index (χ4v) is 2.24. The first-order valence-corrected chi connectivity index (χ1v) is 6.76. The van der Waals surface area contributed by atoms with Crippen LogP contribution in [0.1, 0.15) is 25.1 Å². The lowest BCUT2D eigenvalue weighted by molar-refractivity contribution is 0.474. The molecule has 1 heterocycles. The number of furan rings is 1. The summed E-state index contributed by atoms with van der Waals surface area (Å²) in [5.41, 5.74) is 2.12. The lowest BCUT2D eigenvalue weighted by Gasteiger charge is -2.22. The highest BCUT2D eigenvalue weighted by molar-refractivity contribution is 6.31. The van der Waals surface area contributed by atoms with Crippen molar-refractivity contribution in [2.45, 2.75) is 19.4 Å². The molecular formula is C15H19ClN2O. The van der Waals surface area contributed by atoms with Gasteiger partial charge < -0.3 is 14.6 Å². The molecule has 2 rings (SSSR count). The number of nitrogens with one attached hydrogen (secondary N) is 1. The average Bonchev–Trinajstić information content (AvgIpc) is 2.89. The van der Waals surface area contributed by atoms with Crippen LogP contribution in [0.25, 0.3) is 0 Å². The van der Waals surface area contributed by atoms with E-state index >= 15 is 0 Å². The van der Waals surface area contributed by atoms with Gasteiger partial charge in [0.15, 0.2) is 0 Å². The van der Waals surface area contributed by atoms with Crippen LogP contribution in [0.5, 0.6) is 0 Å². The number of rotatable bonds is 5. The number of nitrogens with zero attached hydrogens (tertiary/aromatic N) is 1. The van der Waals surface area contributed by atoms with Crippen molar-refractivity contribution in [1.82, 2.24) is 0 Å². The van der Waals surface area contributed by atoms with E-state index in [1.54, 1.807) is 6.26 Å². The number of benzene rings is 1. The molecule has 1 unspecified atom stereocenters. The molecule has 0 aliphatic heterocycles. The van der Waals surface area contributed by atoms with Gasteiger partial charge in [0.1, 0.15) is 5.76 Å². The SMILES string of the molecule is CCC(Nc1cc(Cl)ccc1N(C)C)c1ccco1. The predicted octanol–water partition coefficient (Wildman–Crippen LogP) is 4.56. The molecule has 0 radical (unpaired) electrons. The molecule has 4 heteroatoms. The molecule has 0 saturated heterocycles. The van der Waals surface area contributed by atoms with Crippen LogP contribution in [0.2, 0.25) is 5.02 Å². The lowest BCUT2D eigenvalue weighted by atomic mass is 10.1. The molecule has 1 N–H and O–H groups in total. The van der Waals surface area contributed by atoms with Crippen molar-refractivity contribution < 1.29 is 4.42 Å². The Kier molecular flexibility index (Phi) is 4.38. The van der Waals surface area contributed by atoms with E-state index < -0.39 is 0 Å². The summed E-state index contributed by atoms with van der Waals surface area (Å²) in [6.45, 7) is 2.13. The van der Waals surface area contributed by atoms with Crippen molar-refractivity contribution in [2.75, 3.05) is 24.3 Å². The van der Waals surface area contributed by atoms with Gasteiger partial charge in [-0.15, -0.1) is 0 Å². The Labute approximate surface area is 119 Å². The van der Waals surface area contributed by atoms with Gasteiger partial charge in [0, 0.05) is 19.1 Å². The van der Waals surface area contributed by atoms with Crippen LogP contribution >= 0.6 is 11.6 Å². The Morgan fingerprint density at radius 2 is 2.11 bits per heavy atom. The van der Waals surface area contributed by atoms with E-state index in [1.165, 1.54) is 0 Å². The quantitative estimate of drug-likeness (QED) is 0.869. The van der Waals surface area contributed by atoms with Crippen molar-refractivity contribution in [1.29, 1.82) is 0 Å². The van der Waals surface area contributed by atoms with Crippen molar-refractivity contribution in [3.8, 4) is 0 Å². The zero-order valence-corrected chi connectivity index (χ0v) is 12.2. The highest BCUT2D eigenvalue weighted by atomic mass is 35.5. The molecule has 2 aromatic rings. The van der Waals surface area contributed by atoms with E-state index in [4.69, 9.17) is 16.0 Å². The predicted molar refractivity (Wildman–Crippen MR) is 81.1 cm³/mol. The summed E-state index contributed by atoms with van der Waals surface area (Å²) in [5.74, 6) is 0.937. The van der Waals surface area contributed by atoms with Gasteiger partial charge in [0.2, 0.25) is 0 Å². The summed E-state index contributed by atoms with van der Waals surface area (Å²) in [6, 6.07) is 9.90. The number of hydrogen-bond donors (Lipinski definition) is 1. The molecular weight excluding hydrogens is 260 g/mol. The minimum atomic E-state index is 0.146. The Balaban J connectivity index is 2.28. The van der Waals surface area contributed by atoms with Gasteiger partial charge in [0.05, 0.1) is 23.7 Å². The molecule has 102 valence electrons. The van der Waals surface area contributed by atoms with Crippen LogP contribution in [-0.2, 0) is 0 Å². The summed E-state index contributed by atoms with van der Waals surface area (Å²) in [4.78, 5) is 2.06. The van der Waals surface area contributed by atoms with Gasteiger partial charge in [-0.25, -0.2) is 0 Å². The fraction of sp³-hybridized carbons (Fsp3) is 0.333. The molecule has 0 bridgehead atoms. The molecule has 1 atom stereocenters. The van der Waals surface area contributed by atoms with E-state index in [2.05, 4.69) is 17.1 Å². The minimum absolute atomic E-state index is 0.146. The maximum absolute atomic E-state index is 6.09. The molecule has 1 aromatic heterocycles. The first-order valence-electron chi connectivity index (χ1n) is 6.38. The van der Waals surface area contributed by atoms with Crippen LogP contribution in [-0.4, -0.2) is 14.1 Å². The second-order valence-corrected chi connectivity index (χ2v) is 5.11. The van der Waals surface area contributed by atoms with Crippen LogP contribution in [0, 0.1) is 0 Å². The number of halogens is 1. The van der Waals surface area contributed by atoms with Gasteiger partial charge in [-0.05, 0) is 36.8 Å². The smallest absolute Gasteiger partial charge is 0.125 e. The standard InChI is InChI=1S/C15H19ClN2O/c1-4-12(15-6-5-9-19-15)17-13-10-11(16)7-8-14(13)18(2)3/h5-10,12,17H,4H2,1-3H3. The highest BCUT2D eigenvalue weighted by Gasteiger charge is 2.14. The molecule has 0 saturated carbocycles. The second-order valence-electron chi connectivity index (χ2n) is 4.68. The zero-order valence-electron chi connectivity index (χ0n) is 11.5. The maximum Gasteiger partial charge on any atom is 0.125 e. The van der Waals surface area contributed by atoms with Crippen LogP contribution < -0.4 is 10.2 Å². The van der Waals surface area contributed by atoms with Crippen LogP contribution in [0.15, 0.2) is 41.0 Å². The molecule has 0 spiro atoms. The van der Waals surface area contributed by atoms with Gasteiger partial charge in [0.25, 0.3) is 0 Å². The average molecular weight is 279 g/mol. The van der Waals surface area contributed by atoms with E-state index in [9.17, 15) is 0 Å². The fourth-order valence-electron chi connectivity index (χ4n) is 2.07. The van der Waals surface area contributed by atoms with E-state index in [1.807, 2.05) is 44.4 Å². The third-order valence-corrected chi connectivity index (χ3v) is 3.30. The summed E-state index contributed by atoms with van der Waals surface area (Å²) in [5, 5.41) is 4.23. The lowest BCUT2D eigenvalue weighted by Crippen LogP contribution is -2.15. The molecule has 0 aliphatic rings. The third kappa shape index (κ3) is 3.24. The van der Waals surface area contributed by atoms with Gasteiger partial charge >= 0.3 is 0 Å². The molecule has 1 aromatic carbocycles. The van der Waals surface area contributed by atoms with Crippen molar-refractivity contribution in [3.05, 3.63) is 47.4 Å². The van der Waals surface area contributed by atoms with E-state index in [-0.39, 0.29) is 6.04 Å². The summed E-state index contributed by atoms with van der Waals surface area (Å²) in [7, 11) is 4.03. The van der Waals surface area contributed by atoms with Gasteiger partial charge in [-0.3, -0.25) is 0 Å². The largest absolute Gasteiger partial charge is 0.467 e. The third-order valence-electron chi connectivity index (χ3n) is 3.07. The van der Waals surface area contributed by atoms with Crippen molar-refractivity contribution in [2.24, 2.45) is 0 Å². The normalized spacial score (nSPS) is 12.2. The molecule has 0 aliphatic carbocycles. The first kappa shape index (κ1) is 13.8. The Morgan fingerprint density at radius 3 is 2.68 bits per heavy atom. The second kappa shape index (κ2) is 6.02. The van der Waals surface area contributed by atoms with Gasteiger partial charge in [-0.1, -0.05) is 18.5 Å². The Hall–Kier alpha value is -1.61. The minimum Gasteiger partial charge on any atom is -0.467 e. The molecule has 0 fully saturated rings. The summed E-state index contributed by atoms with van der Waals surface area (Å²) < 4.78 is 5.48. The summed E-state index contributed by atoms with van der Waals surface area (Å²) >= 11 is 6.09. The number of hydrogen-bond acceptors (Lipinski definition) is 3. The van der Waals surface area contributed by atoms with Crippen molar-refractivity contribution >= 4 is 23.0 Å². The molecule has 3 nitrogen and oxygen atoms in total. The highest BCUT2D eigenvalue weighted by Crippen LogP contribution is 2.32. The van der Waals surface area contributed by atoms with Crippen LogP contribution in [0.4, 0.5) is 11.4 Å².